The molecule has 1 heterocycles. The van der Waals surface area contributed by atoms with Crippen LogP contribution in [-0.4, -0.2) is 35.9 Å². The van der Waals surface area contributed by atoms with Crippen LogP contribution in [0.4, 0.5) is 5.13 Å². The number of amides is 1. The van der Waals surface area contributed by atoms with Crippen molar-refractivity contribution in [3.8, 4) is 23.3 Å². The number of ether oxygens (including phenoxy) is 3. The maximum absolute atomic E-state index is 12.6. The van der Waals surface area contributed by atoms with Crippen LogP contribution in [0.25, 0.3) is 6.08 Å². The molecule has 36 heavy (non-hydrogen) atoms. The highest BCUT2D eigenvalue weighted by Crippen LogP contribution is 2.37. The van der Waals surface area contributed by atoms with Gasteiger partial charge in [-0.3, -0.25) is 10.1 Å². The lowest BCUT2D eigenvalue weighted by Crippen LogP contribution is -2.13. The fourth-order valence-electron chi connectivity index (χ4n) is 3.11. The SMILES string of the molecule is CCOc1cc(C=C(C#N)C(=O)Nc2nnc(CC)s2)cc(Cl)c1OCCOc1ccc(C)c(C)c1. The molecule has 1 N–H and O–H groups in total. The van der Waals surface area contributed by atoms with Gasteiger partial charge in [-0.2, -0.15) is 5.26 Å². The number of anilines is 1. The van der Waals surface area contributed by atoms with Gasteiger partial charge in [-0.15, -0.1) is 10.2 Å². The molecule has 0 saturated carbocycles. The van der Waals surface area contributed by atoms with Gasteiger partial charge in [0.1, 0.15) is 35.6 Å². The smallest absolute Gasteiger partial charge is 0.268 e. The van der Waals surface area contributed by atoms with E-state index in [9.17, 15) is 10.1 Å². The Bertz CT molecular complexity index is 1300. The summed E-state index contributed by atoms with van der Waals surface area (Å²) in [6.45, 7) is 8.79. The Hall–Kier alpha value is -3.61. The van der Waals surface area contributed by atoms with E-state index in [0.717, 1.165) is 16.3 Å². The Morgan fingerprint density at radius 3 is 2.56 bits per heavy atom. The monoisotopic (exact) mass is 526 g/mol. The molecule has 10 heteroatoms. The minimum absolute atomic E-state index is 0.114. The lowest BCUT2D eigenvalue weighted by Gasteiger charge is -2.15. The van der Waals surface area contributed by atoms with Gasteiger partial charge in [0.05, 0.1) is 11.6 Å². The summed E-state index contributed by atoms with van der Waals surface area (Å²) in [6.07, 6.45) is 2.14. The van der Waals surface area contributed by atoms with E-state index in [4.69, 9.17) is 25.8 Å². The van der Waals surface area contributed by atoms with Gasteiger partial charge in [-0.05, 0) is 74.2 Å². The minimum atomic E-state index is -0.589. The summed E-state index contributed by atoms with van der Waals surface area (Å²) in [4.78, 5) is 12.6. The maximum Gasteiger partial charge on any atom is 0.268 e. The molecule has 8 nitrogen and oxygen atoms in total. The van der Waals surface area contributed by atoms with E-state index in [0.29, 0.717) is 41.8 Å². The predicted molar refractivity (Wildman–Crippen MR) is 141 cm³/mol. The first kappa shape index (κ1) is 27.0. The number of aryl methyl sites for hydroxylation is 3. The number of carbonyl (C=O) groups excluding carboxylic acids is 1. The van der Waals surface area contributed by atoms with E-state index in [-0.39, 0.29) is 17.2 Å². The lowest BCUT2D eigenvalue weighted by molar-refractivity contribution is -0.112. The Labute approximate surface area is 219 Å². The summed E-state index contributed by atoms with van der Waals surface area (Å²) in [5.74, 6) is 0.939. The van der Waals surface area contributed by atoms with Gasteiger partial charge in [0.25, 0.3) is 5.91 Å². The van der Waals surface area contributed by atoms with E-state index < -0.39 is 5.91 Å². The third-order valence-electron chi connectivity index (χ3n) is 5.07. The summed E-state index contributed by atoms with van der Waals surface area (Å²) >= 11 is 7.74. The molecule has 1 aromatic heterocycles. The zero-order valence-electron chi connectivity index (χ0n) is 20.6. The molecule has 0 aliphatic rings. The molecule has 0 saturated heterocycles. The second kappa shape index (κ2) is 12.9. The van der Waals surface area contributed by atoms with Gasteiger partial charge in [-0.1, -0.05) is 35.9 Å². The first-order valence-corrected chi connectivity index (χ1v) is 12.6. The number of benzene rings is 2. The summed E-state index contributed by atoms with van der Waals surface area (Å²) < 4.78 is 17.3. The van der Waals surface area contributed by atoms with Crippen LogP contribution in [0.3, 0.4) is 0 Å². The van der Waals surface area contributed by atoms with Crippen molar-refractivity contribution in [1.82, 2.24) is 10.2 Å². The number of nitriles is 1. The molecule has 0 unspecified atom stereocenters. The summed E-state index contributed by atoms with van der Waals surface area (Å²) in [5, 5.41) is 21.4. The summed E-state index contributed by atoms with van der Waals surface area (Å²) in [7, 11) is 0. The number of hydrogen-bond donors (Lipinski definition) is 1. The largest absolute Gasteiger partial charge is 0.490 e. The van der Waals surface area contributed by atoms with Crippen LogP contribution in [-0.2, 0) is 11.2 Å². The Morgan fingerprint density at radius 2 is 1.89 bits per heavy atom. The van der Waals surface area contributed by atoms with Crippen molar-refractivity contribution >= 4 is 40.1 Å². The Balaban J connectivity index is 1.71. The highest BCUT2D eigenvalue weighted by atomic mass is 35.5. The molecule has 3 rings (SSSR count). The molecule has 0 atom stereocenters. The van der Waals surface area contributed by atoms with Crippen molar-refractivity contribution < 1.29 is 19.0 Å². The van der Waals surface area contributed by atoms with Gasteiger partial charge in [0.2, 0.25) is 5.13 Å². The number of halogens is 1. The second-order valence-corrected chi connectivity index (χ2v) is 9.15. The van der Waals surface area contributed by atoms with Gasteiger partial charge in [0.15, 0.2) is 11.5 Å². The van der Waals surface area contributed by atoms with Gasteiger partial charge in [0, 0.05) is 0 Å². The third kappa shape index (κ3) is 7.20. The predicted octanol–water partition coefficient (Wildman–Crippen LogP) is 5.77. The minimum Gasteiger partial charge on any atom is -0.490 e. The van der Waals surface area contributed by atoms with Crippen LogP contribution >= 0.6 is 22.9 Å². The van der Waals surface area contributed by atoms with Crippen LogP contribution in [0, 0.1) is 25.2 Å². The molecule has 0 spiro atoms. The van der Waals surface area contributed by atoms with Gasteiger partial charge < -0.3 is 14.2 Å². The van der Waals surface area contributed by atoms with Crippen LogP contribution < -0.4 is 19.5 Å². The third-order valence-corrected chi connectivity index (χ3v) is 6.34. The fourth-order valence-corrected chi connectivity index (χ4v) is 4.06. The summed E-state index contributed by atoms with van der Waals surface area (Å²) in [5.41, 5.74) is 2.75. The van der Waals surface area contributed by atoms with Gasteiger partial charge in [-0.25, -0.2) is 0 Å². The van der Waals surface area contributed by atoms with Crippen molar-refractivity contribution in [2.45, 2.75) is 34.1 Å². The van der Waals surface area contributed by atoms with E-state index in [1.54, 1.807) is 12.1 Å². The van der Waals surface area contributed by atoms with Crippen molar-refractivity contribution in [3.63, 3.8) is 0 Å². The Kier molecular flexibility index (Phi) is 9.68. The molecular formula is C26H27ClN4O4S. The number of rotatable bonds is 11. The zero-order valence-corrected chi connectivity index (χ0v) is 22.1. The highest BCUT2D eigenvalue weighted by Gasteiger charge is 2.16. The second-order valence-electron chi connectivity index (χ2n) is 7.68. The standard InChI is InChI=1S/C26H27ClN4O4S/c1-5-23-30-31-26(36-23)29-25(32)19(15-28)12-18-13-21(27)24(22(14-18)33-6-2)35-10-9-34-20-8-7-16(3)17(4)11-20/h7-8,11-14H,5-6,9-10H2,1-4H3,(H,29,31,32). The lowest BCUT2D eigenvalue weighted by atomic mass is 10.1. The molecule has 1 amide bonds. The highest BCUT2D eigenvalue weighted by molar-refractivity contribution is 7.15. The van der Waals surface area contributed by atoms with Crippen LogP contribution in [0.15, 0.2) is 35.9 Å². The molecule has 0 bridgehead atoms. The molecule has 188 valence electrons. The first-order chi connectivity index (χ1) is 17.3. The van der Waals surface area contributed by atoms with E-state index in [1.807, 2.05) is 52.0 Å². The maximum atomic E-state index is 12.6. The topological polar surface area (TPSA) is 106 Å². The molecule has 0 aliphatic carbocycles. The molecule has 0 aliphatic heterocycles. The van der Waals surface area contributed by atoms with Crippen molar-refractivity contribution in [1.29, 1.82) is 5.26 Å². The van der Waals surface area contributed by atoms with Crippen molar-refractivity contribution in [2.24, 2.45) is 0 Å². The zero-order chi connectivity index (χ0) is 26.1. The van der Waals surface area contributed by atoms with E-state index >= 15 is 0 Å². The van der Waals surface area contributed by atoms with Gasteiger partial charge >= 0.3 is 0 Å². The van der Waals surface area contributed by atoms with E-state index in [2.05, 4.69) is 15.5 Å². The van der Waals surface area contributed by atoms with Crippen LogP contribution in [0.5, 0.6) is 17.2 Å². The number of nitrogens with one attached hydrogen (secondary N) is 1. The number of aromatic nitrogens is 2. The van der Waals surface area contributed by atoms with Crippen LogP contribution in [0.1, 0.15) is 35.5 Å². The molecule has 0 fully saturated rings. The average Bonchev–Trinajstić information content (AvgIpc) is 3.31. The van der Waals surface area contributed by atoms with Crippen molar-refractivity contribution in [2.75, 3.05) is 25.1 Å². The molecule has 2 aromatic carbocycles. The molecule has 0 radical (unpaired) electrons. The Morgan fingerprint density at radius 1 is 1.11 bits per heavy atom. The quantitative estimate of drug-likeness (QED) is 0.192. The molecule has 3 aromatic rings. The number of hydrogen-bond acceptors (Lipinski definition) is 8. The van der Waals surface area contributed by atoms with E-state index in [1.165, 1.54) is 23.0 Å². The molecular weight excluding hydrogens is 500 g/mol. The van der Waals surface area contributed by atoms with Crippen LogP contribution in [0.2, 0.25) is 5.02 Å². The van der Waals surface area contributed by atoms with Crippen molar-refractivity contribution in [3.05, 3.63) is 62.6 Å². The fraction of sp³-hybridized carbons (Fsp3) is 0.308. The number of nitrogens with zero attached hydrogens (tertiary/aromatic N) is 3. The number of carbonyl (C=O) groups is 1. The normalized spacial score (nSPS) is 11.1. The first-order valence-electron chi connectivity index (χ1n) is 11.4. The summed E-state index contributed by atoms with van der Waals surface area (Å²) in [6, 6.07) is 11.1. The average molecular weight is 527 g/mol.